The Morgan fingerprint density at radius 1 is 1.09 bits per heavy atom. The molecule has 8 heteroatoms. The maximum Gasteiger partial charge on any atom is 0.339 e. The quantitative estimate of drug-likeness (QED) is 0.196. The summed E-state index contributed by atoms with van der Waals surface area (Å²) in [6.07, 6.45) is 4.02. The van der Waals surface area contributed by atoms with Gasteiger partial charge in [-0.25, -0.2) is 4.79 Å². The van der Waals surface area contributed by atoms with Crippen molar-refractivity contribution in [3.63, 3.8) is 0 Å². The van der Waals surface area contributed by atoms with Crippen molar-refractivity contribution < 1.29 is 39.5 Å². The molecule has 0 aromatic heterocycles. The molecule has 2 aliphatic heterocycles. The standard InChI is InChI=1S/C35H56O8/c1-9-24(15-16-25-14-13-20(5)29(36)28(25)33(39)40)30(37)22(7)31(38)26(10-2)32-21(6)19-35(12-4,43-32)27-17-18-34(41,11-3)23(8)42-27/h13-14,21-24,26-27,30,32,36-37,41H,9-12,15-19H2,1-8H3,(H,39,40)/t21-,22-,23-,24+,26-,27-,30+,32-,34+,35-/m1/s1. The van der Waals surface area contributed by atoms with Crippen molar-refractivity contribution in [2.24, 2.45) is 23.7 Å². The zero-order chi connectivity index (χ0) is 32.3. The van der Waals surface area contributed by atoms with E-state index in [-0.39, 0.29) is 53.2 Å². The van der Waals surface area contributed by atoms with Gasteiger partial charge in [0.05, 0.1) is 35.6 Å². The molecule has 2 heterocycles. The van der Waals surface area contributed by atoms with Crippen molar-refractivity contribution in [3.8, 4) is 5.75 Å². The van der Waals surface area contributed by atoms with E-state index >= 15 is 0 Å². The number of rotatable bonds is 14. The van der Waals surface area contributed by atoms with Gasteiger partial charge in [0, 0.05) is 11.8 Å². The number of hydrogen-bond donors (Lipinski definition) is 4. The van der Waals surface area contributed by atoms with E-state index in [1.807, 2.05) is 27.7 Å². The van der Waals surface area contributed by atoms with Crippen LogP contribution in [0.3, 0.4) is 0 Å². The maximum absolute atomic E-state index is 14.0. The molecule has 10 atom stereocenters. The Morgan fingerprint density at radius 2 is 1.77 bits per heavy atom. The topological polar surface area (TPSA) is 134 Å². The minimum atomic E-state index is -1.18. The van der Waals surface area contributed by atoms with E-state index in [4.69, 9.17) is 9.47 Å². The molecule has 3 rings (SSSR count). The van der Waals surface area contributed by atoms with E-state index in [9.17, 15) is 30.0 Å². The largest absolute Gasteiger partial charge is 0.507 e. The normalized spacial score (nSPS) is 32.2. The summed E-state index contributed by atoms with van der Waals surface area (Å²) in [7, 11) is 0. The molecule has 2 saturated heterocycles. The molecule has 2 aliphatic rings. The number of aryl methyl sites for hydroxylation is 2. The molecular weight excluding hydrogens is 548 g/mol. The van der Waals surface area contributed by atoms with E-state index in [2.05, 4.69) is 13.8 Å². The highest BCUT2D eigenvalue weighted by atomic mass is 16.6. The lowest BCUT2D eigenvalue weighted by Gasteiger charge is -2.47. The van der Waals surface area contributed by atoms with Gasteiger partial charge in [-0.1, -0.05) is 60.1 Å². The number of carboxylic acid groups (broad SMARTS) is 1. The van der Waals surface area contributed by atoms with E-state index in [1.54, 1.807) is 26.0 Å². The predicted molar refractivity (Wildman–Crippen MR) is 166 cm³/mol. The minimum Gasteiger partial charge on any atom is -0.507 e. The lowest BCUT2D eigenvalue weighted by molar-refractivity contribution is -0.229. The van der Waals surface area contributed by atoms with Crippen molar-refractivity contribution >= 4 is 11.8 Å². The average molecular weight is 605 g/mol. The highest BCUT2D eigenvalue weighted by Gasteiger charge is 2.55. The number of ketones is 1. The van der Waals surface area contributed by atoms with Gasteiger partial charge in [-0.3, -0.25) is 4.79 Å². The Balaban J connectivity index is 1.73. The Bertz CT molecular complexity index is 1120. The fourth-order valence-electron chi connectivity index (χ4n) is 7.77. The number of Topliss-reactive ketones (excluding diaryl/α,β-unsaturated/α-hetero) is 1. The number of phenols is 1. The number of ether oxygens (including phenoxy) is 2. The monoisotopic (exact) mass is 604 g/mol. The highest BCUT2D eigenvalue weighted by molar-refractivity contribution is 5.93. The van der Waals surface area contributed by atoms with Crippen LogP contribution in [0.15, 0.2) is 12.1 Å². The van der Waals surface area contributed by atoms with Crippen LogP contribution in [-0.2, 0) is 20.7 Å². The predicted octanol–water partition coefficient (Wildman–Crippen LogP) is 6.23. The summed E-state index contributed by atoms with van der Waals surface area (Å²) in [6.45, 7) is 15.6. The lowest BCUT2D eigenvalue weighted by atomic mass is 9.75. The Hall–Kier alpha value is -2.00. The molecule has 0 aliphatic carbocycles. The second kappa shape index (κ2) is 14.4. The third-order valence-electron chi connectivity index (χ3n) is 11.0. The molecule has 0 bridgehead atoms. The second-order valence-electron chi connectivity index (χ2n) is 13.4. The number of carbonyl (C=O) groups excluding carboxylic acids is 1. The number of aliphatic hydroxyl groups excluding tert-OH is 1. The molecule has 2 fully saturated rings. The smallest absolute Gasteiger partial charge is 0.339 e. The Labute approximate surface area is 258 Å². The highest BCUT2D eigenvalue weighted by Crippen LogP contribution is 2.48. The minimum absolute atomic E-state index is 0.00491. The van der Waals surface area contributed by atoms with Gasteiger partial charge in [0.25, 0.3) is 0 Å². The summed E-state index contributed by atoms with van der Waals surface area (Å²) in [5.74, 6) is -2.47. The Kier molecular flexibility index (Phi) is 11.9. The summed E-state index contributed by atoms with van der Waals surface area (Å²) in [5, 5.41) is 42.4. The first-order valence-corrected chi connectivity index (χ1v) is 16.5. The van der Waals surface area contributed by atoms with Gasteiger partial charge in [-0.15, -0.1) is 0 Å². The zero-order valence-corrected chi connectivity index (χ0v) is 27.6. The molecule has 0 unspecified atom stereocenters. The van der Waals surface area contributed by atoms with Gasteiger partial charge in [0.15, 0.2) is 0 Å². The molecule has 4 N–H and O–H groups in total. The van der Waals surface area contributed by atoms with Crippen molar-refractivity contribution in [2.45, 2.75) is 149 Å². The van der Waals surface area contributed by atoms with Crippen LogP contribution in [0.4, 0.5) is 0 Å². The van der Waals surface area contributed by atoms with Gasteiger partial charge >= 0.3 is 5.97 Å². The van der Waals surface area contributed by atoms with E-state index in [1.165, 1.54) is 0 Å². The summed E-state index contributed by atoms with van der Waals surface area (Å²) in [5.41, 5.74) is -0.418. The van der Waals surface area contributed by atoms with Crippen LogP contribution in [-0.4, -0.2) is 67.8 Å². The third-order valence-corrected chi connectivity index (χ3v) is 11.0. The van der Waals surface area contributed by atoms with Gasteiger partial charge in [0.2, 0.25) is 0 Å². The number of carbonyl (C=O) groups is 2. The third kappa shape index (κ3) is 7.13. The average Bonchev–Trinajstić information content (AvgIpc) is 3.33. The number of carboxylic acids is 1. The van der Waals surface area contributed by atoms with Gasteiger partial charge in [-0.2, -0.15) is 0 Å². The molecule has 0 saturated carbocycles. The van der Waals surface area contributed by atoms with E-state index < -0.39 is 29.2 Å². The van der Waals surface area contributed by atoms with Gasteiger partial charge < -0.3 is 29.9 Å². The molecule has 244 valence electrons. The van der Waals surface area contributed by atoms with Crippen molar-refractivity contribution in [2.75, 3.05) is 0 Å². The van der Waals surface area contributed by atoms with Crippen LogP contribution in [0.25, 0.3) is 0 Å². The van der Waals surface area contributed by atoms with Crippen molar-refractivity contribution in [1.82, 2.24) is 0 Å². The zero-order valence-electron chi connectivity index (χ0n) is 27.6. The molecule has 8 nitrogen and oxygen atoms in total. The maximum atomic E-state index is 14.0. The lowest BCUT2D eigenvalue weighted by Crippen LogP contribution is -2.55. The first-order chi connectivity index (χ1) is 20.2. The fourth-order valence-corrected chi connectivity index (χ4v) is 7.77. The number of benzene rings is 1. The van der Waals surface area contributed by atoms with E-state index in [0.29, 0.717) is 56.1 Å². The van der Waals surface area contributed by atoms with Crippen LogP contribution < -0.4 is 0 Å². The van der Waals surface area contributed by atoms with Crippen LogP contribution in [0.2, 0.25) is 0 Å². The van der Waals surface area contributed by atoms with Crippen LogP contribution >= 0.6 is 0 Å². The Morgan fingerprint density at radius 3 is 2.30 bits per heavy atom. The number of aromatic carboxylic acids is 1. The van der Waals surface area contributed by atoms with Crippen LogP contribution in [0.5, 0.6) is 5.75 Å². The second-order valence-corrected chi connectivity index (χ2v) is 13.4. The van der Waals surface area contributed by atoms with Crippen LogP contribution in [0.1, 0.15) is 121 Å². The summed E-state index contributed by atoms with van der Waals surface area (Å²) in [6, 6.07) is 3.42. The van der Waals surface area contributed by atoms with E-state index in [0.717, 1.165) is 12.8 Å². The molecule has 0 amide bonds. The number of aromatic hydroxyl groups is 1. The van der Waals surface area contributed by atoms with Crippen LogP contribution in [0, 0.1) is 30.6 Å². The van der Waals surface area contributed by atoms with Crippen molar-refractivity contribution in [1.29, 1.82) is 0 Å². The number of aliphatic hydroxyl groups is 2. The first kappa shape index (κ1) is 35.5. The number of hydrogen-bond acceptors (Lipinski definition) is 7. The molecule has 1 aromatic rings. The van der Waals surface area contributed by atoms with Crippen molar-refractivity contribution in [3.05, 3.63) is 28.8 Å². The first-order valence-electron chi connectivity index (χ1n) is 16.5. The van der Waals surface area contributed by atoms with Gasteiger partial charge in [-0.05, 0) is 88.2 Å². The van der Waals surface area contributed by atoms with Gasteiger partial charge in [0.1, 0.15) is 17.1 Å². The molecule has 0 radical (unpaired) electrons. The SMILES string of the molecule is CC[C@@H](CCc1ccc(C)c(O)c1C(=O)O)[C@@H](O)[C@@H](C)C(=O)[C@@H](CC)[C@@H]1O[C@@](CC)([C@H]2CC[C@@](O)(CC)[C@@H](C)O2)C[C@H]1C. The summed E-state index contributed by atoms with van der Waals surface area (Å²) >= 11 is 0. The molecule has 1 aromatic carbocycles. The summed E-state index contributed by atoms with van der Waals surface area (Å²) < 4.78 is 13.3. The fraction of sp³-hybridized carbons (Fsp3) is 0.771. The molecule has 43 heavy (non-hydrogen) atoms. The summed E-state index contributed by atoms with van der Waals surface area (Å²) in [4.78, 5) is 25.8. The molecule has 0 spiro atoms. The molecular formula is C35H56O8.